The van der Waals surface area contributed by atoms with Gasteiger partial charge in [0.05, 0.1) is 23.9 Å². The Morgan fingerprint density at radius 2 is 1.00 bits per heavy atom. The van der Waals surface area contributed by atoms with Gasteiger partial charge < -0.3 is 73.4 Å². The molecule has 16 N–H and O–H groups in total. The monoisotopic (exact) mass is 1480 g/mol. The standard InChI is InChI=1S/C73H90N14O16S2/c1-39-25-60(89)47-31-61(90)44(27-45-33-77-51-17-9-7-15-49(45)51)30-62(91)53(19-11-12-20-63(74)75)82-70(100)55(26-42-13-5-4-6-14-42)86-72(102)57(32-48-35-76-38-79-48)85-67(97)41(3)81-73(103)58(37-105-104-36-47)87-71(101)56(28-46-34-78-52-18-10-8-16-50(46)52)84-66(96)40(2)80-69(99)54(22-24-65(94)95)83-68(98)43(29-59(39)88)21-23-64(92)93/h4-10,13-18,33-35,38-41,43-44,47,53-58,77-78H,11-12,19-32,36-37H2,1-3H3,(H3,74,75)(H,76,79)(H,80,99)(H,81,103)(H,82,100)(H,83,98)(H,84,96)(H,85,97)(H,86,102)(H,87,101)(H,92,93)(H,94,95)/t39-,40+,41+,43-,44-,47+,53+,54+,55-,56+,57+,58+/m1/s1. The van der Waals surface area contributed by atoms with Crippen molar-refractivity contribution in [2.45, 2.75) is 172 Å². The maximum absolute atomic E-state index is 15.6. The third kappa shape index (κ3) is 24.0. The van der Waals surface area contributed by atoms with E-state index in [0.717, 1.165) is 27.0 Å². The maximum Gasteiger partial charge on any atom is 0.303 e. The van der Waals surface area contributed by atoms with Gasteiger partial charge in [0.2, 0.25) is 47.3 Å². The van der Waals surface area contributed by atoms with Crippen molar-refractivity contribution in [1.29, 1.82) is 5.41 Å². The minimum atomic E-state index is -1.69. The third-order valence-electron chi connectivity index (χ3n) is 18.7. The molecule has 3 aromatic heterocycles. The van der Waals surface area contributed by atoms with Gasteiger partial charge in [-0.2, -0.15) is 0 Å². The molecule has 6 aromatic rings. The van der Waals surface area contributed by atoms with Crippen LogP contribution in [0.4, 0.5) is 0 Å². The molecule has 12 atom stereocenters. The smallest absolute Gasteiger partial charge is 0.303 e. The van der Waals surface area contributed by atoms with E-state index in [-0.39, 0.29) is 62.3 Å². The van der Waals surface area contributed by atoms with Gasteiger partial charge in [-0.15, -0.1) is 0 Å². The second-order valence-electron chi connectivity index (χ2n) is 26.8. The van der Waals surface area contributed by atoms with Crippen LogP contribution >= 0.6 is 21.6 Å². The number of Topliss-reactive ketones (excluding diaryl/α,β-unsaturated/α-hetero) is 4. The van der Waals surface area contributed by atoms with E-state index in [1.807, 2.05) is 12.1 Å². The number of benzene rings is 3. The molecule has 2 bridgehead atoms. The number of aliphatic carboxylic acids is 2. The lowest BCUT2D eigenvalue weighted by molar-refractivity contribution is -0.140. The highest BCUT2D eigenvalue weighted by atomic mass is 33.1. The summed E-state index contributed by atoms with van der Waals surface area (Å²) in [7, 11) is 1.98. The highest BCUT2D eigenvalue weighted by Gasteiger charge is 2.39. The lowest BCUT2D eigenvalue weighted by atomic mass is 9.82. The summed E-state index contributed by atoms with van der Waals surface area (Å²) in [6, 6.07) is 10.8. The number of rotatable bonds is 19. The first-order valence-corrected chi connectivity index (χ1v) is 37.3. The first-order valence-electron chi connectivity index (χ1n) is 34.9. The number of ketones is 4. The molecule has 30 nitrogen and oxygen atoms in total. The summed E-state index contributed by atoms with van der Waals surface area (Å²) in [6.07, 6.45) is 1.57. The quantitative estimate of drug-likeness (QED) is 0.0239. The summed E-state index contributed by atoms with van der Waals surface area (Å²) in [5.41, 5.74) is 9.13. The molecule has 0 unspecified atom stereocenters. The summed E-state index contributed by atoms with van der Waals surface area (Å²) in [5.74, 6) is -18.6. The van der Waals surface area contributed by atoms with Gasteiger partial charge in [-0.3, -0.25) is 72.5 Å². The topological polar surface area (TPSA) is 486 Å². The molecule has 2 aliphatic rings. The zero-order valence-corrected chi connectivity index (χ0v) is 60.1. The van der Waals surface area contributed by atoms with Crippen LogP contribution < -0.4 is 48.3 Å². The summed E-state index contributed by atoms with van der Waals surface area (Å²) in [5, 5.41) is 50.1. The Hall–Kier alpha value is -10.5. The Kier molecular flexibility index (Phi) is 29.7. The highest BCUT2D eigenvalue weighted by Crippen LogP contribution is 2.32. The van der Waals surface area contributed by atoms with Crippen LogP contribution in [0, 0.1) is 29.1 Å². The summed E-state index contributed by atoms with van der Waals surface area (Å²) in [6.45, 7) is 3.97. The number of aromatic amines is 3. The van der Waals surface area contributed by atoms with E-state index in [4.69, 9.17) is 11.1 Å². The first kappa shape index (κ1) is 80.2. The van der Waals surface area contributed by atoms with Crippen LogP contribution in [0.5, 0.6) is 0 Å². The van der Waals surface area contributed by atoms with E-state index in [1.54, 1.807) is 79.1 Å². The Bertz CT molecular complexity index is 4150. The molecule has 32 heteroatoms. The minimum absolute atomic E-state index is 0.0142. The predicted octanol–water partition coefficient (Wildman–Crippen LogP) is 3.52. The van der Waals surface area contributed by atoms with Crippen LogP contribution in [0.1, 0.15) is 120 Å². The van der Waals surface area contributed by atoms with Crippen molar-refractivity contribution in [3.05, 3.63) is 126 Å². The molecular weight excluding hydrogens is 1390 g/mol. The SMILES string of the molecule is C[C@@H]1CC(=O)[C@@H]2CSSC[C@H](NC(=O)[C@H](Cc3c[nH]c4ccccc34)NC(=O)[C@H](C)NC(=O)[C@H](CCC(=O)O)NC(=O)[C@H](CCC(=O)O)CC1=O)C(=O)N[C@@H](C)C(=O)N[C@@H](Cc1c[nH]cn1)C(=O)N[C@H](Cc1ccccc1)C(=O)N[C@@H](CCCCC(=N)N)C(=O)C[C@@H](Cc1c[nH]c3ccccc13)C(=O)C2. The zero-order valence-electron chi connectivity index (χ0n) is 58.4. The normalized spacial score (nSPS) is 24.8. The van der Waals surface area contributed by atoms with Crippen molar-refractivity contribution in [2.24, 2.45) is 29.4 Å². The molecule has 5 heterocycles. The third-order valence-corrected chi connectivity index (χ3v) is 21.2. The second-order valence-corrected chi connectivity index (χ2v) is 29.3. The lowest BCUT2D eigenvalue weighted by Crippen LogP contribution is -2.60. The van der Waals surface area contributed by atoms with Gasteiger partial charge in [-0.05, 0) is 74.8 Å². The Morgan fingerprint density at radius 1 is 0.476 bits per heavy atom. The largest absolute Gasteiger partial charge is 0.481 e. The fourth-order valence-corrected chi connectivity index (χ4v) is 15.1. The molecule has 0 spiro atoms. The molecule has 0 radical (unpaired) electrons. The van der Waals surface area contributed by atoms with E-state index in [0.29, 0.717) is 45.2 Å². The van der Waals surface area contributed by atoms with E-state index < -0.39 is 206 Å². The first-order chi connectivity index (χ1) is 50.2. The van der Waals surface area contributed by atoms with Crippen molar-refractivity contribution >= 4 is 132 Å². The highest BCUT2D eigenvalue weighted by molar-refractivity contribution is 8.76. The summed E-state index contributed by atoms with van der Waals surface area (Å²) >= 11 is 0. The van der Waals surface area contributed by atoms with E-state index in [1.165, 1.54) is 33.3 Å². The van der Waals surface area contributed by atoms with Crippen molar-refractivity contribution in [3.8, 4) is 0 Å². The van der Waals surface area contributed by atoms with Crippen LogP contribution in [0.2, 0.25) is 0 Å². The molecule has 105 heavy (non-hydrogen) atoms. The zero-order chi connectivity index (χ0) is 75.9. The number of imidazole rings is 1. The number of amidine groups is 1. The van der Waals surface area contributed by atoms with Crippen LogP contribution in [0.3, 0.4) is 0 Å². The molecule has 2 saturated heterocycles. The minimum Gasteiger partial charge on any atom is -0.481 e. The molecule has 2 fully saturated rings. The fourth-order valence-electron chi connectivity index (χ4n) is 12.6. The number of aromatic nitrogens is 4. The van der Waals surface area contributed by atoms with Gasteiger partial charge in [0.15, 0.2) is 5.78 Å². The molecule has 3 aromatic carbocycles. The molecule has 0 saturated carbocycles. The van der Waals surface area contributed by atoms with Crippen LogP contribution in [0.25, 0.3) is 21.8 Å². The number of carboxylic acids is 2. The number of carbonyl (C=O) groups is 14. The molecular formula is C73H90N14O16S2. The number of unbranched alkanes of at least 4 members (excludes halogenated alkanes) is 1. The number of nitrogens with zero attached hydrogens (tertiary/aromatic N) is 1. The van der Waals surface area contributed by atoms with Gasteiger partial charge in [0, 0.05) is 140 Å². The molecule has 0 aliphatic carbocycles. The number of carbonyl (C=O) groups excluding carboxylic acids is 12. The maximum atomic E-state index is 15.6. The average molecular weight is 1480 g/mol. The van der Waals surface area contributed by atoms with Gasteiger partial charge in [-0.25, -0.2) is 4.98 Å². The van der Waals surface area contributed by atoms with Gasteiger partial charge in [0.1, 0.15) is 59.6 Å². The second kappa shape index (κ2) is 38.9. The van der Waals surface area contributed by atoms with E-state index >= 15 is 24.0 Å². The van der Waals surface area contributed by atoms with Crippen molar-refractivity contribution in [1.82, 2.24) is 62.5 Å². The van der Waals surface area contributed by atoms with Crippen molar-refractivity contribution in [3.63, 3.8) is 0 Å². The fraction of sp³-hybridized carbons (Fsp3) is 0.452. The number of hydrogen-bond donors (Lipinski definition) is 15. The Labute approximate surface area is 612 Å². The van der Waals surface area contributed by atoms with E-state index in [2.05, 4.69) is 62.5 Å². The summed E-state index contributed by atoms with van der Waals surface area (Å²) in [4.78, 5) is 216. The molecule has 2 aliphatic heterocycles. The number of fused-ring (bicyclic) bond motifs is 7. The van der Waals surface area contributed by atoms with Crippen LogP contribution in [0.15, 0.2) is 104 Å². The van der Waals surface area contributed by atoms with Gasteiger partial charge in [0.25, 0.3) is 0 Å². The lowest BCUT2D eigenvalue weighted by Gasteiger charge is -2.27. The molecule has 560 valence electrons. The molecule has 8 amide bonds. The Balaban J connectivity index is 1.24. The number of para-hydroxylation sites is 2. The van der Waals surface area contributed by atoms with Crippen molar-refractivity contribution in [2.75, 3.05) is 11.5 Å². The number of amides is 8. The number of hydrogen-bond acceptors (Lipinski definition) is 18. The Morgan fingerprint density at radius 3 is 1.62 bits per heavy atom. The van der Waals surface area contributed by atoms with Gasteiger partial charge in [-0.1, -0.05) is 102 Å². The summed E-state index contributed by atoms with van der Waals surface area (Å²) < 4.78 is 0. The predicted molar refractivity (Wildman–Crippen MR) is 390 cm³/mol. The average Bonchev–Trinajstić information content (AvgIpc) is 1.71. The van der Waals surface area contributed by atoms with Crippen LogP contribution in [-0.4, -0.2) is 178 Å². The van der Waals surface area contributed by atoms with Crippen LogP contribution in [-0.2, 0) is 92.8 Å². The number of H-pyrrole nitrogens is 3. The van der Waals surface area contributed by atoms with E-state index in [9.17, 15) is 53.4 Å². The number of nitrogens with one attached hydrogen (secondary N) is 12. The number of nitrogens with two attached hydrogens (primary N) is 1. The molecule has 8 rings (SSSR count). The van der Waals surface area contributed by atoms with Crippen molar-refractivity contribution < 1.29 is 77.3 Å². The van der Waals surface area contributed by atoms with Gasteiger partial charge >= 0.3 is 11.9 Å². The number of carboxylic acid groups (broad SMARTS) is 2.